The van der Waals surface area contributed by atoms with Crippen molar-refractivity contribution < 1.29 is 9.90 Å². The second-order valence-corrected chi connectivity index (χ2v) is 3.96. The van der Waals surface area contributed by atoms with Crippen molar-refractivity contribution in [3.8, 4) is 0 Å². The number of aliphatic carboxylic acids is 1. The van der Waals surface area contributed by atoms with Gasteiger partial charge in [-0.15, -0.1) is 0 Å². The van der Waals surface area contributed by atoms with Crippen molar-refractivity contribution in [3.63, 3.8) is 0 Å². The number of carboxylic acids is 1. The molecule has 16 heavy (non-hydrogen) atoms. The third-order valence-electron chi connectivity index (χ3n) is 2.38. The zero-order chi connectivity index (χ0) is 12.1. The van der Waals surface area contributed by atoms with Crippen LogP contribution in [0.4, 0.5) is 0 Å². The van der Waals surface area contributed by atoms with Crippen molar-refractivity contribution in [3.05, 3.63) is 24.3 Å². The Hall–Kier alpha value is -1.05. The van der Waals surface area contributed by atoms with Gasteiger partial charge in [0.15, 0.2) is 0 Å². The standard InChI is InChI=1S/C14H24O2/c1-2-3-4-5-6-7-8-9-10-11-12-13-14(15)16/h3-6H,2,7-13H2,1H3,(H,15,16)/b4-3-,6-5+. The maximum Gasteiger partial charge on any atom is 0.303 e. The van der Waals surface area contributed by atoms with Crippen molar-refractivity contribution in [1.29, 1.82) is 0 Å². The smallest absolute Gasteiger partial charge is 0.303 e. The first-order chi connectivity index (χ1) is 7.77. The van der Waals surface area contributed by atoms with Crippen LogP contribution in [0.15, 0.2) is 24.3 Å². The van der Waals surface area contributed by atoms with E-state index in [-0.39, 0.29) is 0 Å². The molecule has 0 radical (unpaired) electrons. The van der Waals surface area contributed by atoms with Crippen molar-refractivity contribution >= 4 is 5.97 Å². The lowest BCUT2D eigenvalue weighted by atomic mass is 10.1. The van der Waals surface area contributed by atoms with Gasteiger partial charge in [-0.2, -0.15) is 0 Å². The summed E-state index contributed by atoms with van der Waals surface area (Å²) in [6.45, 7) is 2.13. The van der Waals surface area contributed by atoms with Crippen LogP contribution in [-0.4, -0.2) is 11.1 Å². The lowest BCUT2D eigenvalue weighted by Gasteiger charge is -1.97. The van der Waals surface area contributed by atoms with Crippen LogP contribution < -0.4 is 0 Å². The normalized spacial score (nSPS) is 11.6. The second-order valence-electron chi connectivity index (χ2n) is 3.96. The molecule has 0 aromatic heterocycles. The van der Waals surface area contributed by atoms with Crippen LogP contribution in [0.25, 0.3) is 0 Å². The predicted octanol–water partition coefficient (Wildman–Crippen LogP) is 4.32. The van der Waals surface area contributed by atoms with E-state index in [9.17, 15) is 4.79 Å². The molecule has 0 heterocycles. The summed E-state index contributed by atoms with van der Waals surface area (Å²) in [5, 5.41) is 8.44. The van der Waals surface area contributed by atoms with Crippen molar-refractivity contribution in [2.24, 2.45) is 0 Å². The number of allylic oxidation sites excluding steroid dienone is 4. The first-order valence-electron chi connectivity index (χ1n) is 6.30. The van der Waals surface area contributed by atoms with Crippen LogP contribution in [0.2, 0.25) is 0 Å². The molecule has 0 amide bonds. The molecule has 0 unspecified atom stereocenters. The van der Waals surface area contributed by atoms with Gasteiger partial charge in [-0.05, 0) is 25.7 Å². The van der Waals surface area contributed by atoms with Gasteiger partial charge in [0.1, 0.15) is 0 Å². The molecule has 0 aliphatic carbocycles. The Morgan fingerprint density at radius 1 is 1.00 bits per heavy atom. The largest absolute Gasteiger partial charge is 0.481 e. The Morgan fingerprint density at radius 2 is 1.62 bits per heavy atom. The molecule has 0 saturated heterocycles. The molecular weight excluding hydrogens is 200 g/mol. The third kappa shape index (κ3) is 12.9. The lowest BCUT2D eigenvalue weighted by Crippen LogP contribution is -1.93. The van der Waals surface area contributed by atoms with E-state index in [2.05, 4.69) is 31.2 Å². The fourth-order valence-corrected chi connectivity index (χ4v) is 1.46. The van der Waals surface area contributed by atoms with Crippen LogP contribution in [0.5, 0.6) is 0 Å². The Bertz CT molecular complexity index is 217. The van der Waals surface area contributed by atoms with E-state index in [1.165, 1.54) is 12.8 Å². The minimum absolute atomic E-state index is 0.321. The van der Waals surface area contributed by atoms with Gasteiger partial charge < -0.3 is 5.11 Å². The van der Waals surface area contributed by atoms with Crippen molar-refractivity contribution in [2.45, 2.75) is 58.3 Å². The molecule has 2 nitrogen and oxygen atoms in total. The molecule has 0 aliphatic rings. The summed E-state index contributed by atoms with van der Waals surface area (Å²) in [6, 6.07) is 0. The van der Waals surface area contributed by atoms with Crippen LogP contribution in [0.1, 0.15) is 58.3 Å². The summed E-state index contributed by atoms with van der Waals surface area (Å²) in [5.74, 6) is -0.675. The van der Waals surface area contributed by atoms with E-state index < -0.39 is 5.97 Å². The van der Waals surface area contributed by atoms with Gasteiger partial charge in [-0.3, -0.25) is 4.79 Å². The maximum absolute atomic E-state index is 10.2. The first kappa shape index (κ1) is 14.9. The van der Waals surface area contributed by atoms with Gasteiger partial charge in [-0.25, -0.2) is 0 Å². The molecule has 0 aromatic rings. The molecule has 0 bridgehead atoms. The van der Waals surface area contributed by atoms with Crippen molar-refractivity contribution in [2.75, 3.05) is 0 Å². The molecule has 1 N–H and O–H groups in total. The molecule has 92 valence electrons. The highest BCUT2D eigenvalue weighted by molar-refractivity contribution is 5.66. The van der Waals surface area contributed by atoms with Crippen LogP contribution in [0, 0.1) is 0 Å². The average Bonchev–Trinajstić information content (AvgIpc) is 2.25. The Labute approximate surface area is 99.1 Å². The summed E-state index contributed by atoms with van der Waals surface area (Å²) in [7, 11) is 0. The minimum atomic E-state index is -0.675. The highest BCUT2D eigenvalue weighted by atomic mass is 16.4. The number of carbonyl (C=O) groups is 1. The fraction of sp³-hybridized carbons (Fsp3) is 0.643. The predicted molar refractivity (Wildman–Crippen MR) is 68.5 cm³/mol. The molecule has 0 atom stereocenters. The van der Waals surface area contributed by atoms with Gasteiger partial charge in [-0.1, -0.05) is 50.5 Å². The van der Waals surface area contributed by atoms with Crippen molar-refractivity contribution in [1.82, 2.24) is 0 Å². The first-order valence-corrected chi connectivity index (χ1v) is 6.30. The van der Waals surface area contributed by atoms with E-state index in [0.717, 1.165) is 32.1 Å². The van der Waals surface area contributed by atoms with Crippen LogP contribution in [-0.2, 0) is 4.79 Å². The van der Waals surface area contributed by atoms with Gasteiger partial charge >= 0.3 is 5.97 Å². The van der Waals surface area contributed by atoms with E-state index in [1.54, 1.807) is 0 Å². The number of unbranched alkanes of at least 4 members (excludes halogenated alkanes) is 5. The van der Waals surface area contributed by atoms with Crippen LogP contribution >= 0.6 is 0 Å². The van der Waals surface area contributed by atoms with E-state index in [1.807, 2.05) is 0 Å². The number of carboxylic acid groups (broad SMARTS) is 1. The van der Waals surface area contributed by atoms with E-state index in [0.29, 0.717) is 6.42 Å². The average molecular weight is 224 g/mol. The summed E-state index contributed by atoms with van der Waals surface area (Å²) in [4.78, 5) is 10.2. The molecule has 0 spiro atoms. The Balaban J connectivity index is 3.12. The number of hydrogen-bond donors (Lipinski definition) is 1. The quantitative estimate of drug-likeness (QED) is 0.443. The van der Waals surface area contributed by atoms with Gasteiger partial charge in [0.2, 0.25) is 0 Å². The summed E-state index contributed by atoms with van der Waals surface area (Å²) in [6.07, 6.45) is 16.5. The molecule has 2 heteroatoms. The third-order valence-corrected chi connectivity index (χ3v) is 2.38. The second kappa shape index (κ2) is 12.0. The molecule has 0 fully saturated rings. The molecule has 0 aliphatic heterocycles. The SMILES string of the molecule is CC/C=C\C=C\CCCCCCCC(=O)O. The fourth-order valence-electron chi connectivity index (χ4n) is 1.46. The summed E-state index contributed by atoms with van der Waals surface area (Å²) in [5.41, 5.74) is 0. The van der Waals surface area contributed by atoms with E-state index >= 15 is 0 Å². The Kier molecular flexibility index (Phi) is 11.2. The van der Waals surface area contributed by atoms with Crippen LogP contribution in [0.3, 0.4) is 0 Å². The minimum Gasteiger partial charge on any atom is -0.481 e. The zero-order valence-electron chi connectivity index (χ0n) is 10.3. The maximum atomic E-state index is 10.2. The van der Waals surface area contributed by atoms with Gasteiger partial charge in [0.05, 0.1) is 0 Å². The molecular formula is C14H24O2. The topological polar surface area (TPSA) is 37.3 Å². The zero-order valence-corrected chi connectivity index (χ0v) is 10.3. The molecule has 0 rings (SSSR count). The number of hydrogen-bond acceptors (Lipinski definition) is 1. The molecule has 0 saturated carbocycles. The summed E-state index contributed by atoms with van der Waals surface area (Å²) >= 11 is 0. The van der Waals surface area contributed by atoms with Gasteiger partial charge in [0, 0.05) is 6.42 Å². The molecule has 0 aromatic carbocycles. The Morgan fingerprint density at radius 3 is 2.31 bits per heavy atom. The lowest BCUT2D eigenvalue weighted by molar-refractivity contribution is -0.137. The van der Waals surface area contributed by atoms with E-state index in [4.69, 9.17) is 5.11 Å². The summed E-state index contributed by atoms with van der Waals surface area (Å²) < 4.78 is 0. The number of rotatable bonds is 10. The highest BCUT2D eigenvalue weighted by Crippen LogP contribution is 2.07. The monoisotopic (exact) mass is 224 g/mol. The van der Waals surface area contributed by atoms with Gasteiger partial charge in [0.25, 0.3) is 0 Å². The highest BCUT2D eigenvalue weighted by Gasteiger charge is 1.95.